The molecule has 3 N–H and O–H groups in total. The van der Waals surface area contributed by atoms with Gasteiger partial charge in [-0.1, -0.05) is 0 Å². The largest absolute Gasteiger partial charge is 0.494 e. The second-order valence-corrected chi connectivity index (χ2v) is 3.97. The standard InChI is InChI=1S/C13H20N2O3/c1-3-17-11-4-6-12(7-5-11)18-9-13(16)15-8-10(2)14/h4-7,10H,3,8-9,14H2,1-2H3,(H,15,16). The fourth-order valence-corrected chi connectivity index (χ4v) is 1.27. The predicted molar refractivity (Wildman–Crippen MR) is 69.8 cm³/mol. The molecule has 0 saturated heterocycles. The molecule has 0 saturated carbocycles. The van der Waals surface area contributed by atoms with Crippen LogP contribution in [-0.4, -0.2) is 31.7 Å². The molecule has 0 aliphatic rings. The average Bonchev–Trinajstić information content (AvgIpc) is 2.36. The molecule has 1 aromatic rings. The van der Waals surface area contributed by atoms with Crippen molar-refractivity contribution in [3.05, 3.63) is 24.3 Å². The quantitative estimate of drug-likeness (QED) is 0.757. The van der Waals surface area contributed by atoms with Crippen molar-refractivity contribution < 1.29 is 14.3 Å². The summed E-state index contributed by atoms with van der Waals surface area (Å²) in [6, 6.07) is 7.09. The van der Waals surface area contributed by atoms with E-state index in [9.17, 15) is 4.79 Å². The van der Waals surface area contributed by atoms with Gasteiger partial charge in [0, 0.05) is 12.6 Å². The molecule has 0 aliphatic heterocycles. The van der Waals surface area contributed by atoms with Gasteiger partial charge in [-0.15, -0.1) is 0 Å². The molecule has 5 heteroatoms. The number of carbonyl (C=O) groups excluding carboxylic acids is 1. The maximum absolute atomic E-state index is 11.4. The van der Waals surface area contributed by atoms with Gasteiger partial charge < -0.3 is 20.5 Å². The first-order chi connectivity index (χ1) is 8.61. The zero-order chi connectivity index (χ0) is 13.4. The van der Waals surface area contributed by atoms with Crippen LogP contribution in [0, 0.1) is 0 Å². The highest BCUT2D eigenvalue weighted by Gasteiger charge is 2.03. The van der Waals surface area contributed by atoms with Crippen LogP contribution in [0.3, 0.4) is 0 Å². The Bertz CT molecular complexity index is 363. The van der Waals surface area contributed by atoms with E-state index in [1.807, 2.05) is 13.8 Å². The first-order valence-electron chi connectivity index (χ1n) is 5.99. The van der Waals surface area contributed by atoms with Crippen molar-refractivity contribution in [3.8, 4) is 11.5 Å². The summed E-state index contributed by atoms with van der Waals surface area (Å²) in [5.74, 6) is 1.24. The van der Waals surface area contributed by atoms with E-state index < -0.39 is 0 Å². The van der Waals surface area contributed by atoms with Crippen LogP contribution in [-0.2, 0) is 4.79 Å². The number of rotatable bonds is 7. The Balaban J connectivity index is 2.32. The van der Waals surface area contributed by atoms with E-state index in [4.69, 9.17) is 15.2 Å². The first kappa shape index (κ1) is 14.3. The summed E-state index contributed by atoms with van der Waals surface area (Å²) < 4.78 is 10.6. The molecule has 0 aromatic heterocycles. The Morgan fingerprint density at radius 3 is 2.33 bits per heavy atom. The van der Waals surface area contributed by atoms with Gasteiger partial charge in [0.25, 0.3) is 5.91 Å². The summed E-state index contributed by atoms with van der Waals surface area (Å²) in [5.41, 5.74) is 5.52. The van der Waals surface area contributed by atoms with E-state index in [1.165, 1.54) is 0 Å². The fourth-order valence-electron chi connectivity index (χ4n) is 1.27. The van der Waals surface area contributed by atoms with Crippen molar-refractivity contribution in [2.75, 3.05) is 19.8 Å². The minimum absolute atomic E-state index is 0.0132. The smallest absolute Gasteiger partial charge is 0.257 e. The van der Waals surface area contributed by atoms with Crippen LogP contribution in [0.2, 0.25) is 0 Å². The van der Waals surface area contributed by atoms with Crippen molar-refractivity contribution in [1.29, 1.82) is 0 Å². The van der Waals surface area contributed by atoms with E-state index in [0.29, 0.717) is 18.9 Å². The molecular formula is C13H20N2O3. The number of nitrogens with one attached hydrogen (secondary N) is 1. The van der Waals surface area contributed by atoms with Crippen LogP contribution in [0.15, 0.2) is 24.3 Å². The molecule has 0 fully saturated rings. The SMILES string of the molecule is CCOc1ccc(OCC(=O)NCC(C)N)cc1. The lowest BCUT2D eigenvalue weighted by molar-refractivity contribution is -0.123. The molecule has 1 amide bonds. The molecule has 100 valence electrons. The maximum Gasteiger partial charge on any atom is 0.257 e. The highest BCUT2D eigenvalue weighted by Crippen LogP contribution is 2.17. The van der Waals surface area contributed by atoms with Crippen LogP contribution < -0.4 is 20.5 Å². The third kappa shape index (κ3) is 5.54. The van der Waals surface area contributed by atoms with E-state index in [-0.39, 0.29) is 18.6 Å². The first-order valence-corrected chi connectivity index (χ1v) is 5.99. The van der Waals surface area contributed by atoms with Crippen molar-refractivity contribution >= 4 is 5.91 Å². The highest BCUT2D eigenvalue weighted by molar-refractivity contribution is 5.77. The molecule has 0 bridgehead atoms. The Morgan fingerprint density at radius 1 is 1.28 bits per heavy atom. The average molecular weight is 252 g/mol. The zero-order valence-corrected chi connectivity index (χ0v) is 10.8. The van der Waals surface area contributed by atoms with Crippen LogP contribution in [0.4, 0.5) is 0 Å². The summed E-state index contributed by atoms with van der Waals surface area (Å²) in [7, 11) is 0. The number of nitrogens with two attached hydrogens (primary N) is 1. The van der Waals surface area contributed by atoms with Gasteiger partial charge in [-0.25, -0.2) is 0 Å². The highest BCUT2D eigenvalue weighted by atomic mass is 16.5. The van der Waals surface area contributed by atoms with Gasteiger partial charge in [0.05, 0.1) is 6.61 Å². The Morgan fingerprint density at radius 2 is 1.83 bits per heavy atom. The summed E-state index contributed by atoms with van der Waals surface area (Å²) in [6.07, 6.45) is 0. The molecule has 0 aliphatic carbocycles. The second kappa shape index (κ2) is 7.55. The van der Waals surface area contributed by atoms with E-state index in [1.54, 1.807) is 24.3 Å². The van der Waals surface area contributed by atoms with Crippen LogP contribution in [0.25, 0.3) is 0 Å². The van der Waals surface area contributed by atoms with Crippen LogP contribution in [0.1, 0.15) is 13.8 Å². The van der Waals surface area contributed by atoms with E-state index >= 15 is 0 Å². The summed E-state index contributed by atoms with van der Waals surface area (Å²) in [6.45, 7) is 4.81. The van der Waals surface area contributed by atoms with Gasteiger partial charge in [0.2, 0.25) is 0 Å². The number of hydrogen-bond acceptors (Lipinski definition) is 4. The Labute approximate surface area is 107 Å². The number of ether oxygens (including phenoxy) is 2. The Kier molecular flexibility index (Phi) is 6.00. The Hall–Kier alpha value is -1.75. The zero-order valence-electron chi connectivity index (χ0n) is 10.8. The summed E-state index contributed by atoms with van der Waals surface area (Å²) in [5, 5.41) is 2.67. The maximum atomic E-state index is 11.4. The van der Waals surface area contributed by atoms with Crippen molar-refractivity contribution in [2.24, 2.45) is 5.73 Å². The van der Waals surface area contributed by atoms with Gasteiger partial charge >= 0.3 is 0 Å². The van der Waals surface area contributed by atoms with Crippen molar-refractivity contribution in [1.82, 2.24) is 5.32 Å². The molecule has 5 nitrogen and oxygen atoms in total. The van der Waals surface area contributed by atoms with Gasteiger partial charge in [-0.3, -0.25) is 4.79 Å². The lowest BCUT2D eigenvalue weighted by Crippen LogP contribution is -2.37. The number of amides is 1. The number of hydrogen-bond donors (Lipinski definition) is 2. The van der Waals surface area contributed by atoms with E-state index in [2.05, 4.69) is 5.32 Å². The number of benzene rings is 1. The lowest BCUT2D eigenvalue weighted by Gasteiger charge is -2.09. The molecule has 1 rings (SSSR count). The summed E-state index contributed by atoms with van der Waals surface area (Å²) >= 11 is 0. The predicted octanol–water partition coefficient (Wildman–Crippen LogP) is 0.927. The minimum Gasteiger partial charge on any atom is -0.494 e. The molecule has 1 unspecified atom stereocenters. The summed E-state index contributed by atoms with van der Waals surface area (Å²) in [4.78, 5) is 11.4. The normalized spacial score (nSPS) is 11.7. The second-order valence-electron chi connectivity index (χ2n) is 3.97. The molecule has 1 aromatic carbocycles. The van der Waals surface area contributed by atoms with Gasteiger partial charge in [-0.2, -0.15) is 0 Å². The molecular weight excluding hydrogens is 232 g/mol. The molecule has 0 spiro atoms. The van der Waals surface area contributed by atoms with Gasteiger partial charge in [0.1, 0.15) is 11.5 Å². The van der Waals surface area contributed by atoms with Crippen LogP contribution >= 0.6 is 0 Å². The van der Waals surface area contributed by atoms with Crippen molar-refractivity contribution in [3.63, 3.8) is 0 Å². The third-order valence-corrected chi connectivity index (χ3v) is 2.13. The van der Waals surface area contributed by atoms with Crippen molar-refractivity contribution in [2.45, 2.75) is 19.9 Å². The molecule has 0 radical (unpaired) electrons. The minimum atomic E-state index is -0.179. The molecule has 0 heterocycles. The van der Waals surface area contributed by atoms with Gasteiger partial charge in [0.15, 0.2) is 6.61 Å². The topological polar surface area (TPSA) is 73.6 Å². The molecule has 1 atom stereocenters. The van der Waals surface area contributed by atoms with Gasteiger partial charge in [-0.05, 0) is 38.1 Å². The third-order valence-electron chi connectivity index (χ3n) is 2.13. The number of carbonyl (C=O) groups is 1. The van der Waals surface area contributed by atoms with Crippen LogP contribution in [0.5, 0.6) is 11.5 Å². The fraction of sp³-hybridized carbons (Fsp3) is 0.462. The van der Waals surface area contributed by atoms with E-state index in [0.717, 1.165) is 5.75 Å². The molecule has 18 heavy (non-hydrogen) atoms. The lowest BCUT2D eigenvalue weighted by atomic mass is 10.3. The monoisotopic (exact) mass is 252 g/mol.